The first kappa shape index (κ1) is 15.4. The van der Waals surface area contributed by atoms with Crippen LogP contribution in [0.5, 0.6) is 0 Å². The molecule has 3 rings (SSSR count). The highest BCUT2D eigenvalue weighted by Gasteiger charge is 2.09. The Morgan fingerprint density at radius 1 is 1.22 bits per heavy atom. The van der Waals surface area contributed by atoms with E-state index in [9.17, 15) is 0 Å². The van der Waals surface area contributed by atoms with Gasteiger partial charge in [0.25, 0.3) is 0 Å². The van der Waals surface area contributed by atoms with Gasteiger partial charge < -0.3 is 9.09 Å². The zero-order valence-corrected chi connectivity index (χ0v) is 13.5. The van der Waals surface area contributed by atoms with Crippen molar-refractivity contribution in [2.24, 2.45) is 7.05 Å². The molecule has 0 saturated carbocycles. The smallest absolute Gasteiger partial charge is 0.151 e. The van der Waals surface area contributed by atoms with Crippen LogP contribution >= 0.6 is 0 Å². The molecule has 0 saturated heterocycles. The molecule has 0 unspecified atom stereocenters. The molecule has 0 radical (unpaired) electrons. The van der Waals surface area contributed by atoms with Crippen LogP contribution in [0.15, 0.2) is 47.5 Å². The zero-order valence-electron chi connectivity index (χ0n) is 13.5. The minimum Gasteiger partial charge on any atom is -0.359 e. The van der Waals surface area contributed by atoms with E-state index in [1.54, 1.807) is 12.4 Å². The van der Waals surface area contributed by atoms with Gasteiger partial charge in [0.2, 0.25) is 0 Å². The number of hydrogen-bond donors (Lipinski definition) is 0. The molecule has 0 atom stereocenters. The molecule has 120 valence electrons. The lowest BCUT2D eigenvalue weighted by Gasteiger charge is -2.14. The van der Waals surface area contributed by atoms with E-state index >= 15 is 0 Å². The van der Waals surface area contributed by atoms with Crippen LogP contribution in [0.2, 0.25) is 0 Å². The summed E-state index contributed by atoms with van der Waals surface area (Å²) < 4.78 is 7.50. The van der Waals surface area contributed by atoms with Crippen LogP contribution in [0.3, 0.4) is 0 Å². The summed E-state index contributed by atoms with van der Waals surface area (Å²) >= 11 is 0. The van der Waals surface area contributed by atoms with Gasteiger partial charge in [0.05, 0.1) is 6.54 Å². The predicted octanol–water partition coefficient (Wildman–Crippen LogP) is 2.53. The van der Waals surface area contributed by atoms with Crippen molar-refractivity contribution in [2.45, 2.75) is 19.4 Å². The lowest BCUT2D eigenvalue weighted by Crippen LogP contribution is -2.19. The quantitative estimate of drug-likeness (QED) is 0.671. The van der Waals surface area contributed by atoms with Crippen molar-refractivity contribution in [3.8, 4) is 11.3 Å². The van der Waals surface area contributed by atoms with E-state index in [2.05, 4.69) is 31.6 Å². The number of rotatable bonds is 7. The molecule has 6 heteroatoms. The number of imidazole rings is 1. The summed E-state index contributed by atoms with van der Waals surface area (Å²) in [5, 5.41) is 4.13. The van der Waals surface area contributed by atoms with E-state index < -0.39 is 0 Å². The van der Waals surface area contributed by atoms with Crippen molar-refractivity contribution < 1.29 is 4.52 Å². The van der Waals surface area contributed by atoms with Gasteiger partial charge in [-0.05, 0) is 32.1 Å². The van der Waals surface area contributed by atoms with Crippen molar-refractivity contribution in [1.29, 1.82) is 0 Å². The van der Waals surface area contributed by atoms with Crippen molar-refractivity contribution in [3.05, 3.63) is 54.6 Å². The minimum absolute atomic E-state index is 0.749. The Morgan fingerprint density at radius 2 is 2.04 bits per heavy atom. The summed E-state index contributed by atoms with van der Waals surface area (Å²) in [5.74, 6) is 1.99. The van der Waals surface area contributed by atoms with Gasteiger partial charge in [-0.15, -0.1) is 0 Å². The SMILES string of the molecule is CN(CCCc1nccn1C)Cc1cc(-c2ccncc2)no1. The fraction of sp³-hybridized carbons (Fsp3) is 0.353. The summed E-state index contributed by atoms with van der Waals surface area (Å²) in [7, 11) is 4.12. The molecule has 0 spiro atoms. The van der Waals surface area contributed by atoms with Gasteiger partial charge in [-0.1, -0.05) is 5.16 Å². The Balaban J connectivity index is 1.49. The van der Waals surface area contributed by atoms with E-state index in [0.717, 1.165) is 48.8 Å². The number of aryl methyl sites for hydroxylation is 2. The van der Waals surface area contributed by atoms with Crippen LogP contribution in [-0.4, -0.2) is 38.2 Å². The van der Waals surface area contributed by atoms with Crippen LogP contribution < -0.4 is 0 Å². The Morgan fingerprint density at radius 3 is 2.78 bits per heavy atom. The third-order valence-electron chi connectivity index (χ3n) is 3.82. The Kier molecular flexibility index (Phi) is 4.83. The molecule has 0 N–H and O–H groups in total. The normalized spacial score (nSPS) is 11.3. The highest BCUT2D eigenvalue weighted by atomic mass is 16.5. The van der Waals surface area contributed by atoms with Gasteiger partial charge >= 0.3 is 0 Å². The van der Waals surface area contributed by atoms with E-state index in [1.807, 2.05) is 37.6 Å². The first-order chi connectivity index (χ1) is 11.2. The lowest BCUT2D eigenvalue weighted by atomic mass is 10.2. The summed E-state index contributed by atoms with van der Waals surface area (Å²) in [6.45, 7) is 1.73. The largest absolute Gasteiger partial charge is 0.359 e. The summed E-state index contributed by atoms with van der Waals surface area (Å²) in [4.78, 5) is 10.6. The fourth-order valence-electron chi connectivity index (χ4n) is 2.54. The molecule has 23 heavy (non-hydrogen) atoms. The van der Waals surface area contributed by atoms with Crippen molar-refractivity contribution in [1.82, 2.24) is 24.6 Å². The van der Waals surface area contributed by atoms with Crippen LogP contribution in [0.25, 0.3) is 11.3 Å². The molecular formula is C17H21N5O. The van der Waals surface area contributed by atoms with E-state index in [1.165, 1.54) is 0 Å². The maximum atomic E-state index is 5.43. The Labute approximate surface area is 135 Å². The number of hydrogen-bond acceptors (Lipinski definition) is 5. The number of nitrogens with zero attached hydrogens (tertiary/aromatic N) is 5. The predicted molar refractivity (Wildman–Crippen MR) is 87.6 cm³/mol. The standard InChI is InChI=1S/C17H21N5O/c1-21(10-3-4-17-19-9-11-22(17)2)13-15-12-16(20-23-15)14-5-7-18-8-6-14/h5-9,11-12H,3-4,10,13H2,1-2H3. The summed E-state index contributed by atoms with van der Waals surface area (Å²) in [6, 6.07) is 5.85. The van der Waals surface area contributed by atoms with Gasteiger partial charge in [0.1, 0.15) is 11.5 Å². The minimum atomic E-state index is 0.749. The van der Waals surface area contributed by atoms with Crippen LogP contribution in [0.1, 0.15) is 18.0 Å². The Hall–Kier alpha value is -2.47. The van der Waals surface area contributed by atoms with Crippen LogP contribution in [0.4, 0.5) is 0 Å². The first-order valence-corrected chi connectivity index (χ1v) is 7.73. The van der Waals surface area contributed by atoms with Crippen molar-refractivity contribution >= 4 is 0 Å². The van der Waals surface area contributed by atoms with Gasteiger partial charge in [-0.25, -0.2) is 4.98 Å². The highest BCUT2D eigenvalue weighted by molar-refractivity contribution is 5.57. The number of pyridine rings is 1. The van der Waals surface area contributed by atoms with Gasteiger partial charge in [0, 0.05) is 49.9 Å². The van der Waals surface area contributed by atoms with E-state index in [4.69, 9.17) is 4.52 Å². The molecule has 0 aliphatic carbocycles. The molecule has 0 bridgehead atoms. The average molecular weight is 311 g/mol. The van der Waals surface area contributed by atoms with Crippen molar-refractivity contribution in [2.75, 3.05) is 13.6 Å². The monoisotopic (exact) mass is 311 g/mol. The molecule has 6 nitrogen and oxygen atoms in total. The average Bonchev–Trinajstić information content (AvgIpc) is 3.18. The highest BCUT2D eigenvalue weighted by Crippen LogP contribution is 2.18. The first-order valence-electron chi connectivity index (χ1n) is 7.73. The third-order valence-corrected chi connectivity index (χ3v) is 3.82. The molecule has 3 aromatic rings. The van der Waals surface area contributed by atoms with E-state index in [-0.39, 0.29) is 0 Å². The second-order valence-electron chi connectivity index (χ2n) is 5.71. The lowest BCUT2D eigenvalue weighted by molar-refractivity contribution is 0.270. The molecule has 0 amide bonds. The molecule has 3 aromatic heterocycles. The van der Waals surface area contributed by atoms with Gasteiger partial charge in [-0.3, -0.25) is 9.88 Å². The Bertz CT molecular complexity index is 734. The molecule has 0 fully saturated rings. The van der Waals surface area contributed by atoms with Crippen LogP contribution in [-0.2, 0) is 20.0 Å². The van der Waals surface area contributed by atoms with Crippen LogP contribution in [0, 0.1) is 0 Å². The fourth-order valence-corrected chi connectivity index (χ4v) is 2.54. The van der Waals surface area contributed by atoms with E-state index in [0.29, 0.717) is 0 Å². The topological polar surface area (TPSA) is 60.0 Å². The molecule has 0 aromatic carbocycles. The second-order valence-corrected chi connectivity index (χ2v) is 5.71. The number of aromatic nitrogens is 4. The van der Waals surface area contributed by atoms with Gasteiger partial charge in [-0.2, -0.15) is 0 Å². The third kappa shape index (κ3) is 4.04. The zero-order chi connectivity index (χ0) is 16.1. The molecule has 0 aliphatic rings. The molecule has 0 aliphatic heterocycles. The second kappa shape index (κ2) is 7.19. The maximum Gasteiger partial charge on any atom is 0.151 e. The van der Waals surface area contributed by atoms with Crippen molar-refractivity contribution in [3.63, 3.8) is 0 Å². The summed E-state index contributed by atoms with van der Waals surface area (Å²) in [6.07, 6.45) is 9.38. The van der Waals surface area contributed by atoms with Gasteiger partial charge in [0.15, 0.2) is 5.76 Å². The summed E-state index contributed by atoms with van der Waals surface area (Å²) in [5.41, 5.74) is 1.87. The maximum absolute atomic E-state index is 5.43. The molecule has 3 heterocycles. The molecular weight excluding hydrogens is 290 g/mol.